The zero-order chi connectivity index (χ0) is 42.8. The molecule has 0 spiro atoms. The van der Waals surface area contributed by atoms with Crippen molar-refractivity contribution in [2.45, 2.75) is 0 Å². The summed E-state index contributed by atoms with van der Waals surface area (Å²) in [4.78, 5) is 36.1. The first-order chi connectivity index (χ1) is 28.7. The second-order valence-corrected chi connectivity index (χ2v) is 12.9. The normalized spacial score (nSPS) is 10.8. The molecular weight excluding hydrogens is 780 g/mol. The van der Waals surface area contributed by atoms with Gasteiger partial charge in [0.1, 0.15) is 50.2 Å². The Balaban J connectivity index is 0.000000136. The van der Waals surface area contributed by atoms with Gasteiger partial charge in [-0.25, -0.2) is 0 Å². The molecule has 0 radical (unpaired) electrons. The quantitative estimate of drug-likeness (QED) is 0.0772. The Kier molecular flexibility index (Phi) is 10.5. The molecule has 0 saturated heterocycles. The summed E-state index contributed by atoms with van der Waals surface area (Å²) in [6, 6.07) is 33.9. The minimum Gasteiger partial charge on any atom is -0.504 e. The van der Waals surface area contributed by atoms with Crippen molar-refractivity contribution in [2.24, 2.45) is 0 Å². The Hall–Kier alpha value is -8.85. The first-order valence-corrected chi connectivity index (χ1v) is 17.5. The molecule has 0 unspecified atom stereocenters. The van der Waals surface area contributed by atoms with Crippen LogP contribution >= 0.6 is 0 Å². The van der Waals surface area contributed by atoms with Crippen LogP contribution in [0.25, 0.3) is 66.9 Å². The van der Waals surface area contributed by atoms with Crippen LogP contribution in [0.5, 0.6) is 51.7 Å². The van der Waals surface area contributed by atoms with E-state index in [1.165, 1.54) is 18.2 Å². The van der Waals surface area contributed by atoms with Gasteiger partial charge in [-0.15, -0.1) is 0 Å². The van der Waals surface area contributed by atoms with Gasteiger partial charge >= 0.3 is 0 Å². The molecule has 0 aliphatic heterocycles. The Bertz CT molecular complexity index is 2900. The molecular formula is C45H30O15. The van der Waals surface area contributed by atoms with Gasteiger partial charge in [-0.1, -0.05) is 91.0 Å². The SMILES string of the molecule is O=c1cc(-c2ccccc2)oc2cc(O)c(O)c(O)c12.O=c1cc(-c2ccccc2)oc2cc(O)c(O)c(O)c12.O=c1cc(-c2ccccc2)oc2cc(O)c(O)c(O)c12. The summed E-state index contributed by atoms with van der Waals surface area (Å²) in [6.07, 6.45) is 0. The van der Waals surface area contributed by atoms with Crippen LogP contribution in [0.2, 0.25) is 0 Å². The molecule has 9 rings (SSSR count). The van der Waals surface area contributed by atoms with Gasteiger partial charge in [0.05, 0.1) is 0 Å². The van der Waals surface area contributed by atoms with Crippen molar-refractivity contribution in [1.82, 2.24) is 0 Å². The highest BCUT2D eigenvalue weighted by atomic mass is 16.4. The average molecular weight is 811 g/mol. The minimum atomic E-state index is -0.739. The third-order valence-corrected chi connectivity index (χ3v) is 9.01. The average Bonchev–Trinajstić information content (AvgIpc) is 3.24. The summed E-state index contributed by atoms with van der Waals surface area (Å²) >= 11 is 0. The Morgan fingerprint density at radius 2 is 0.533 bits per heavy atom. The highest BCUT2D eigenvalue weighted by Gasteiger charge is 2.20. The molecule has 3 aromatic heterocycles. The van der Waals surface area contributed by atoms with Crippen LogP contribution < -0.4 is 16.3 Å². The highest BCUT2D eigenvalue weighted by molar-refractivity contribution is 5.91. The molecule has 6 aromatic carbocycles. The van der Waals surface area contributed by atoms with Gasteiger partial charge in [0.25, 0.3) is 0 Å². The summed E-state index contributed by atoms with van der Waals surface area (Å²) in [6.45, 7) is 0. The van der Waals surface area contributed by atoms with Crippen LogP contribution in [0.1, 0.15) is 0 Å². The van der Waals surface area contributed by atoms with E-state index >= 15 is 0 Å². The Labute approximate surface area is 335 Å². The molecule has 0 aliphatic carbocycles. The standard InChI is InChI=1S/3C15H10O5/c3*16-9-6-11(8-4-2-1-3-5-8)20-12-7-10(17)14(18)15(19)13(9)12/h3*1-7,17-19H. The lowest BCUT2D eigenvalue weighted by atomic mass is 10.1. The minimum absolute atomic E-state index is 0.00385. The zero-order valence-corrected chi connectivity index (χ0v) is 30.6. The maximum atomic E-state index is 12.0. The number of hydrogen-bond donors (Lipinski definition) is 9. The molecule has 60 heavy (non-hydrogen) atoms. The van der Waals surface area contributed by atoms with Gasteiger partial charge < -0.3 is 59.2 Å². The first-order valence-electron chi connectivity index (χ1n) is 17.5. The predicted molar refractivity (Wildman–Crippen MR) is 219 cm³/mol. The van der Waals surface area contributed by atoms with Crippen LogP contribution in [0.3, 0.4) is 0 Å². The van der Waals surface area contributed by atoms with Gasteiger partial charge in [-0.3, -0.25) is 14.4 Å². The maximum absolute atomic E-state index is 12.0. The lowest BCUT2D eigenvalue weighted by molar-refractivity contribution is 0.370. The third-order valence-electron chi connectivity index (χ3n) is 9.01. The molecule has 15 nitrogen and oxygen atoms in total. The molecule has 0 bridgehead atoms. The van der Waals surface area contributed by atoms with Gasteiger partial charge in [-0.2, -0.15) is 0 Å². The molecule has 0 atom stereocenters. The molecule has 9 N–H and O–H groups in total. The van der Waals surface area contributed by atoms with E-state index < -0.39 is 68.0 Å². The van der Waals surface area contributed by atoms with E-state index in [2.05, 4.69) is 0 Å². The van der Waals surface area contributed by atoms with Crippen molar-refractivity contribution >= 4 is 32.9 Å². The summed E-state index contributed by atoms with van der Waals surface area (Å²) in [5.41, 5.74) is 0.585. The van der Waals surface area contributed by atoms with Gasteiger partial charge in [-0.05, 0) is 0 Å². The van der Waals surface area contributed by atoms with Crippen molar-refractivity contribution in [3.63, 3.8) is 0 Å². The fourth-order valence-electron chi connectivity index (χ4n) is 6.07. The van der Waals surface area contributed by atoms with Crippen LogP contribution in [0, 0.1) is 0 Å². The largest absolute Gasteiger partial charge is 0.504 e. The van der Waals surface area contributed by atoms with Crippen LogP contribution in [-0.4, -0.2) is 46.0 Å². The molecule has 9 aromatic rings. The van der Waals surface area contributed by atoms with Crippen LogP contribution in [0.15, 0.2) is 155 Å². The zero-order valence-electron chi connectivity index (χ0n) is 30.6. The summed E-state index contributed by atoms with van der Waals surface area (Å²) < 4.78 is 16.5. The Morgan fingerprint density at radius 1 is 0.300 bits per heavy atom. The van der Waals surface area contributed by atoms with Crippen molar-refractivity contribution in [3.05, 3.63) is 158 Å². The highest BCUT2D eigenvalue weighted by Crippen LogP contribution is 2.43. The maximum Gasteiger partial charge on any atom is 0.201 e. The number of aromatic hydroxyl groups is 9. The lowest BCUT2D eigenvalue weighted by Gasteiger charge is -2.06. The van der Waals surface area contributed by atoms with Crippen LogP contribution in [0.4, 0.5) is 0 Å². The van der Waals surface area contributed by atoms with E-state index in [9.17, 15) is 60.3 Å². The fraction of sp³-hybridized carbons (Fsp3) is 0. The molecule has 0 fully saturated rings. The molecule has 300 valence electrons. The summed E-state index contributed by atoms with van der Waals surface area (Å²) in [5.74, 6) is -5.00. The van der Waals surface area contributed by atoms with Crippen molar-refractivity contribution < 1.29 is 59.2 Å². The first kappa shape index (κ1) is 39.4. The van der Waals surface area contributed by atoms with Gasteiger partial charge in [0, 0.05) is 53.1 Å². The molecule has 0 amide bonds. The number of phenols is 9. The Morgan fingerprint density at radius 3 is 0.767 bits per heavy atom. The fourth-order valence-corrected chi connectivity index (χ4v) is 6.07. The molecule has 0 saturated carbocycles. The van der Waals surface area contributed by atoms with E-state index in [0.29, 0.717) is 34.0 Å². The van der Waals surface area contributed by atoms with E-state index in [1.54, 1.807) is 72.8 Å². The number of hydrogen-bond acceptors (Lipinski definition) is 15. The van der Waals surface area contributed by atoms with Crippen molar-refractivity contribution in [2.75, 3.05) is 0 Å². The number of phenolic OH excluding ortho intramolecular Hbond substituents is 9. The topological polar surface area (TPSA) is 273 Å². The summed E-state index contributed by atoms with van der Waals surface area (Å²) in [5, 5.41) is 85.4. The number of fused-ring (bicyclic) bond motifs is 3. The van der Waals surface area contributed by atoms with Gasteiger partial charge in [0.2, 0.25) is 17.2 Å². The molecule has 15 heteroatoms. The number of benzene rings is 6. The second kappa shape index (κ2) is 16.0. The number of rotatable bonds is 3. The van der Waals surface area contributed by atoms with Crippen molar-refractivity contribution in [1.29, 1.82) is 0 Å². The van der Waals surface area contributed by atoms with Gasteiger partial charge in [0.15, 0.2) is 50.8 Å². The summed E-state index contributed by atoms with van der Waals surface area (Å²) in [7, 11) is 0. The smallest absolute Gasteiger partial charge is 0.201 e. The predicted octanol–water partition coefficient (Wildman–Crippen LogP) is 7.73. The van der Waals surface area contributed by atoms with Crippen molar-refractivity contribution in [3.8, 4) is 85.7 Å². The lowest BCUT2D eigenvalue weighted by Crippen LogP contribution is -2.00. The van der Waals surface area contributed by atoms with E-state index in [1.807, 2.05) is 18.2 Å². The monoisotopic (exact) mass is 810 g/mol. The van der Waals surface area contributed by atoms with E-state index in [-0.39, 0.29) is 32.9 Å². The van der Waals surface area contributed by atoms with Crippen LogP contribution in [-0.2, 0) is 0 Å². The van der Waals surface area contributed by atoms with E-state index in [0.717, 1.165) is 18.2 Å². The molecule has 0 aliphatic rings. The third kappa shape index (κ3) is 7.51. The van der Waals surface area contributed by atoms with E-state index in [4.69, 9.17) is 13.3 Å². The molecule has 3 heterocycles. The second-order valence-electron chi connectivity index (χ2n) is 12.9.